The van der Waals surface area contributed by atoms with Gasteiger partial charge in [0.05, 0.1) is 14.2 Å². The molecule has 0 atom stereocenters. The fourth-order valence-corrected chi connectivity index (χ4v) is 3.56. The van der Waals surface area contributed by atoms with Crippen molar-refractivity contribution in [3.05, 3.63) is 59.8 Å². The second-order valence-electron chi connectivity index (χ2n) is 7.03. The van der Waals surface area contributed by atoms with Crippen molar-refractivity contribution in [2.24, 2.45) is 0 Å². The fourth-order valence-electron chi connectivity index (χ4n) is 3.56. The van der Waals surface area contributed by atoms with Crippen LogP contribution in [0.15, 0.2) is 48.5 Å². The second kappa shape index (κ2) is 7.87. The van der Waals surface area contributed by atoms with Gasteiger partial charge in [-0.2, -0.15) is 0 Å². The summed E-state index contributed by atoms with van der Waals surface area (Å²) in [6.07, 6.45) is 0. The highest BCUT2D eigenvalue weighted by molar-refractivity contribution is 6.00. The number of carbonyl (C=O) groups excluding carboxylic acids is 2. The van der Waals surface area contributed by atoms with E-state index in [1.807, 2.05) is 42.5 Å². The summed E-state index contributed by atoms with van der Waals surface area (Å²) < 4.78 is 10.5. The van der Waals surface area contributed by atoms with Crippen LogP contribution in [0.25, 0.3) is 10.9 Å². The first-order valence-electron chi connectivity index (χ1n) is 9.44. The molecule has 1 aliphatic rings. The van der Waals surface area contributed by atoms with Crippen molar-refractivity contribution in [3.8, 4) is 11.5 Å². The number of carbonyl (C=O) groups is 2. The third-order valence-corrected chi connectivity index (χ3v) is 5.17. The molecule has 150 valence electrons. The second-order valence-corrected chi connectivity index (χ2v) is 7.03. The average molecular weight is 393 g/mol. The number of ether oxygens (including phenoxy) is 2. The molecule has 1 N–H and O–H groups in total. The Morgan fingerprint density at radius 3 is 2.59 bits per heavy atom. The lowest BCUT2D eigenvalue weighted by Gasteiger charge is -2.34. The number of fused-ring (bicyclic) bond motifs is 1. The highest BCUT2D eigenvalue weighted by Crippen LogP contribution is 2.23. The first-order valence-corrected chi connectivity index (χ1v) is 9.44. The van der Waals surface area contributed by atoms with Gasteiger partial charge in [-0.25, -0.2) is 0 Å². The molecule has 0 aliphatic carbocycles. The van der Waals surface area contributed by atoms with Crippen LogP contribution in [0, 0.1) is 0 Å². The van der Waals surface area contributed by atoms with Crippen LogP contribution >= 0.6 is 0 Å². The maximum absolute atomic E-state index is 12.9. The monoisotopic (exact) mass is 393 g/mol. The Hall–Kier alpha value is -3.48. The van der Waals surface area contributed by atoms with Gasteiger partial charge in [0.2, 0.25) is 5.91 Å². The predicted octanol–water partition coefficient (Wildman–Crippen LogP) is 2.67. The number of aromatic nitrogens is 1. The number of methoxy groups -OCH3 is 2. The van der Waals surface area contributed by atoms with Gasteiger partial charge in [-0.1, -0.05) is 12.1 Å². The van der Waals surface area contributed by atoms with Crippen LogP contribution in [0.3, 0.4) is 0 Å². The lowest BCUT2D eigenvalue weighted by Crippen LogP contribution is -2.51. The lowest BCUT2D eigenvalue weighted by molar-refractivity contribution is -0.135. The molecule has 2 aromatic carbocycles. The zero-order valence-electron chi connectivity index (χ0n) is 16.5. The van der Waals surface area contributed by atoms with Crippen molar-refractivity contribution in [1.29, 1.82) is 0 Å². The molecular weight excluding hydrogens is 370 g/mol. The van der Waals surface area contributed by atoms with Gasteiger partial charge in [0.15, 0.2) is 0 Å². The van der Waals surface area contributed by atoms with E-state index in [1.165, 1.54) is 0 Å². The van der Waals surface area contributed by atoms with Crippen LogP contribution < -0.4 is 9.47 Å². The number of rotatable bonds is 5. The SMILES string of the molecule is COc1cccc(CN2CCN(C(=O)c3cc4cc(OC)ccc4[nH]3)CC2=O)c1. The van der Waals surface area contributed by atoms with Crippen LogP contribution in [0.1, 0.15) is 16.1 Å². The van der Waals surface area contributed by atoms with E-state index in [4.69, 9.17) is 9.47 Å². The first-order chi connectivity index (χ1) is 14.1. The van der Waals surface area contributed by atoms with E-state index >= 15 is 0 Å². The van der Waals surface area contributed by atoms with Crippen molar-refractivity contribution in [2.45, 2.75) is 6.54 Å². The zero-order chi connectivity index (χ0) is 20.4. The normalized spacial score (nSPS) is 14.3. The number of nitrogens with zero attached hydrogens (tertiary/aromatic N) is 2. The summed E-state index contributed by atoms with van der Waals surface area (Å²) in [5.74, 6) is 1.26. The van der Waals surface area contributed by atoms with Crippen molar-refractivity contribution >= 4 is 22.7 Å². The molecule has 2 heterocycles. The van der Waals surface area contributed by atoms with Gasteiger partial charge in [0.1, 0.15) is 23.7 Å². The van der Waals surface area contributed by atoms with Crippen LogP contribution in [0.5, 0.6) is 11.5 Å². The molecule has 1 aliphatic heterocycles. The highest BCUT2D eigenvalue weighted by atomic mass is 16.5. The van der Waals surface area contributed by atoms with Crippen LogP contribution in [-0.2, 0) is 11.3 Å². The molecule has 1 fully saturated rings. The molecule has 0 bridgehead atoms. The molecule has 3 aromatic rings. The molecule has 29 heavy (non-hydrogen) atoms. The number of amides is 2. The minimum Gasteiger partial charge on any atom is -0.497 e. The third-order valence-electron chi connectivity index (χ3n) is 5.17. The summed E-state index contributed by atoms with van der Waals surface area (Å²) in [6.45, 7) is 1.56. The number of nitrogens with one attached hydrogen (secondary N) is 1. The fraction of sp³-hybridized carbons (Fsp3) is 0.273. The molecule has 0 saturated carbocycles. The summed E-state index contributed by atoms with van der Waals surface area (Å²) in [5.41, 5.74) is 2.33. The van der Waals surface area contributed by atoms with Crippen LogP contribution in [0.2, 0.25) is 0 Å². The van der Waals surface area contributed by atoms with Gasteiger partial charge >= 0.3 is 0 Å². The summed E-state index contributed by atoms with van der Waals surface area (Å²) in [5, 5.41) is 0.899. The molecule has 1 saturated heterocycles. The quantitative estimate of drug-likeness (QED) is 0.723. The van der Waals surface area contributed by atoms with Gasteiger partial charge in [0, 0.05) is 30.5 Å². The van der Waals surface area contributed by atoms with Crippen molar-refractivity contribution in [3.63, 3.8) is 0 Å². The van der Waals surface area contributed by atoms with Gasteiger partial charge < -0.3 is 24.3 Å². The highest BCUT2D eigenvalue weighted by Gasteiger charge is 2.28. The maximum atomic E-state index is 12.9. The summed E-state index contributed by atoms with van der Waals surface area (Å²) in [7, 11) is 3.23. The number of piperazine rings is 1. The average Bonchev–Trinajstić information content (AvgIpc) is 3.18. The Bertz CT molecular complexity index is 1060. The Labute approximate surface area is 168 Å². The number of aromatic amines is 1. The Morgan fingerprint density at radius 2 is 1.83 bits per heavy atom. The Balaban J connectivity index is 1.43. The minimum absolute atomic E-state index is 0.0646. The van der Waals surface area contributed by atoms with E-state index in [9.17, 15) is 9.59 Å². The number of hydrogen-bond donors (Lipinski definition) is 1. The van der Waals surface area contributed by atoms with E-state index in [0.29, 0.717) is 25.3 Å². The number of hydrogen-bond acceptors (Lipinski definition) is 4. The summed E-state index contributed by atoms with van der Waals surface area (Å²) >= 11 is 0. The third kappa shape index (κ3) is 3.89. The Kier molecular flexibility index (Phi) is 5.12. The van der Waals surface area contributed by atoms with Crippen molar-refractivity contribution in [1.82, 2.24) is 14.8 Å². The molecule has 7 heteroatoms. The minimum atomic E-state index is -0.172. The van der Waals surface area contributed by atoms with Crippen LogP contribution in [0.4, 0.5) is 0 Å². The summed E-state index contributed by atoms with van der Waals surface area (Å²) in [6, 6.07) is 15.1. The predicted molar refractivity (Wildman–Crippen MR) is 109 cm³/mol. The van der Waals surface area contributed by atoms with Gasteiger partial charge in [-0.3, -0.25) is 9.59 Å². The topological polar surface area (TPSA) is 74.9 Å². The van der Waals surface area contributed by atoms with Gasteiger partial charge in [-0.05, 0) is 42.0 Å². The molecule has 7 nitrogen and oxygen atoms in total. The molecule has 4 rings (SSSR count). The number of H-pyrrole nitrogens is 1. The lowest BCUT2D eigenvalue weighted by atomic mass is 10.1. The van der Waals surface area contributed by atoms with E-state index in [2.05, 4.69) is 4.98 Å². The maximum Gasteiger partial charge on any atom is 0.270 e. The first kappa shape index (κ1) is 18.9. The molecule has 0 radical (unpaired) electrons. The molecular formula is C22H23N3O4. The molecule has 1 aromatic heterocycles. The molecule has 0 spiro atoms. The van der Waals surface area contributed by atoms with Crippen molar-refractivity contribution in [2.75, 3.05) is 33.9 Å². The Morgan fingerprint density at radius 1 is 1.03 bits per heavy atom. The van der Waals surface area contributed by atoms with Crippen molar-refractivity contribution < 1.29 is 19.1 Å². The van der Waals surface area contributed by atoms with Gasteiger partial charge in [0.25, 0.3) is 5.91 Å². The van der Waals surface area contributed by atoms with E-state index in [0.717, 1.165) is 28.0 Å². The smallest absolute Gasteiger partial charge is 0.270 e. The summed E-state index contributed by atoms with van der Waals surface area (Å²) in [4.78, 5) is 32.0. The largest absolute Gasteiger partial charge is 0.497 e. The zero-order valence-corrected chi connectivity index (χ0v) is 16.5. The van der Waals surface area contributed by atoms with E-state index in [-0.39, 0.29) is 18.4 Å². The standard InChI is InChI=1S/C22H23N3O4/c1-28-17-5-3-4-15(10-17)13-24-8-9-25(14-21(24)26)22(27)20-12-16-11-18(29-2)6-7-19(16)23-20/h3-7,10-12,23H,8-9,13-14H2,1-2H3. The number of benzene rings is 2. The van der Waals surface area contributed by atoms with E-state index < -0.39 is 0 Å². The van der Waals surface area contributed by atoms with E-state index in [1.54, 1.807) is 30.1 Å². The molecule has 2 amide bonds. The van der Waals surface area contributed by atoms with Crippen LogP contribution in [-0.4, -0.2) is 60.5 Å². The van der Waals surface area contributed by atoms with Gasteiger partial charge in [-0.15, -0.1) is 0 Å². The molecule has 0 unspecified atom stereocenters.